The fourth-order valence-electron chi connectivity index (χ4n) is 3.41. The molecule has 0 unspecified atom stereocenters. The number of thiazole rings is 1. The van der Waals surface area contributed by atoms with Crippen molar-refractivity contribution in [1.82, 2.24) is 19.9 Å². The normalized spacial score (nSPS) is 15.9. The average molecular weight is 426 g/mol. The minimum atomic E-state index is -0.601. The van der Waals surface area contributed by atoms with E-state index >= 15 is 0 Å². The largest absolute Gasteiger partial charge is 0.368 e. The van der Waals surface area contributed by atoms with Gasteiger partial charge in [0.1, 0.15) is 11.9 Å². The summed E-state index contributed by atoms with van der Waals surface area (Å²) in [4.78, 5) is 39.3. The van der Waals surface area contributed by atoms with E-state index in [9.17, 15) is 14.0 Å². The van der Waals surface area contributed by atoms with Crippen LogP contribution in [0, 0.1) is 12.7 Å². The van der Waals surface area contributed by atoms with Crippen LogP contribution in [0.5, 0.6) is 0 Å². The first-order valence-corrected chi connectivity index (χ1v) is 10.2. The molecule has 4 rings (SSSR count). The van der Waals surface area contributed by atoms with Crippen LogP contribution in [0.25, 0.3) is 22.0 Å². The highest BCUT2D eigenvalue weighted by Gasteiger charge is 2.33. The van der Waals surface area contributed by atoms with Crippen LogP contribution in [-0.2, 0) is 4.79 Å². The zero-order valence-corrected chi connectivity index (χ0v) is 16.9. The molecule has 1 fully saturated rings. The van der Waals surface area contributed by atoms with Crippen molar-refractivity contribution in [3.63, 3.8) is 0 Å². The van der Waals surface area contributed by atoms with E-state index in [-0.39, 0.29) is 5.82 Å². The van der Waals surface area contributed by atoms with Gasteiger partial charge in [0.05, 0.1) is 21.8 Å². The number of carbonyl (C=O) groups excluding carboxylic acids is 2. The van der Waals surface area contributed by atoms with Gasteiger partial charge in [-0.15, -0.1) is 0 Å². The molecule has 8 nitrogen and oxygen atoms in total. The second kappa shape index (κ2) is 8.15. The molecule has 2 aromatic heterocycles. The molecular weight excluding hydrogens is 407 g/mol. The van der Waals surface area contributed by atoms with E-state index in [1.165, 1.54) is 22.3 Å². The summed E-state index contributed by atoms with van der Waals surface area (Å²) >= 11 is 1.25. The van der Waals surface area contributed by atoms with E-state index in [1.807, 2.05) is 0 Å². The number of aromatic nitrogens is 3. The molecule has 1 aliphatic rings. The van der Waals surface area contributed by atoms with Gasteiger partial charge in [-0.25, -0.2) is 24.1 Å². The molecule has 3 amide bonds. The Morgan fingerprint density at radius 3 is 2.83 bits per heavy atom. The Morgan fingerprint density at radius 1 is 1.27 bits per heavy atom. The summed E-state index contributed by atoms with van der Waals surface area (Å²) < 4.78 is 14.1. The molecule has 3 heterocycles. The van der Waals surface area contributed by atoms with Gasteiger partial charge < -0.3 is 10.6 Å². The summed E-state index contributed by atoms with van der Waals surface area (Å²) in [6.07, 6.45) is 2.84. The van der Waals surface area contributed by atoms with Gasteiger partial charge in [-0.3, -0.25) is 10.1 Å². The number of anilines is 1. The molecule has 1 aromatic carbocycles. The molecule has 1 aliphatic heterocycles. The van der Waals surface area contributed by atoms with Gasteiger partial charge in [-0.2, -0.15) is 0 Å². The number of halogens is 1. The summed E-state index contributed by atoms with van der Waals surface area (Å²) in [6, 6.07) is 6.99. The molecule has 0 bridgehead atoms. The Morgan fingerprint density at radius 2 is 2.07 bits per heavy atom. The first-order valence-electron chi connectivity index (χ1n) is 9.36. The summed E-state index contributed by atoms with van der Waals surface area (Å²) in [7, 11) is 0. The van der Waals surface area contributed by atoms with E-state index in [2.05, 4.69) is 20.3 Å². The third kappa shape index (κ3) is 3.86. The lowest BCUT2D eigenvalue weighted by Gasteiger charge is -2.21. The minimum Gasteiger partial charge on any atom is -0.368 e. The second-order valence-electron chi connectivity index (χ2n) is 6.86. The zero-order chi connectivity index (χ0) is 21.3. The van der Waals surface area contributed by atoms with E-state index in [4.69, 9.17) is 5.73 Å². The number of likely N-dealkylation sites (tertiary alicyclic amines) is 1. The molecule has 0 aliphatic carbocycles. The fraction of sp³-hybridized carbons (Fsp3) is 0.250. The number of primary amides is 1. The van der Waals surface area contributed by atoms with Gasteiger partial charge in [-0.1, -0.05) is 23.5 Å². The van der Waals surface area contributed by atoms with Crippen LogP contribution in [-0.4, -0.2) is 44.4 Å². The van der Waals surface area contributed by atoms with E-state index in [0.717, 1.165) is 11.3 Å². The third-order valence-electron chi connectivity index (χ3n) is 4.86. The fourth-order valence-corrected chi connectivity index (χ4v) is 4.34. The second-order valence-corrected chi connectivity index (χ2v) is 7.86. The number of nitrogens with one attached hydrogen (secondary N) is 1. The van der Waals surface area contributed by atoms with Crippen molar-refractivity contribution in [3.8, 4) is 22.0 Å². The molecule has 1 saturated heterocycles. The number of urea groups is 1. The predicted octanol–water partition coefficient (Wildman–Crippen LogP) is 3.20. The number of nitrogens with two attached hydrogens (primary N) is 1. The topological polar surface area (TPSA) is 114 Å². The number of hydrogen-bond donors (Lipinski definition) is 2. The number of benzene rings is 1. The standard InChI is InChI=1S/C20H19FN6O2S/c1-11-16(14-8-9-23-18(25-14)12-5-2-3-6-13(12)21)30-19(24-11)26-20(29)27-10-4-7-15(27)17(22)28/h2-3,5-6,8-9,15H,4,7,10H2,1H3,(H2,22,28)(H,24,26,29)/t15-/m0/s1. The number of carbonyl (C=O) groups is 2. The molecule has 1 atom stereocenters. The lowest BCUT2D eigenvalue weighted by Crippen LogP contribution is -2.45. The molecule has 3 N–H and O–H groups in total. The Balaban J connectivity index is 1.58. The molecule has 0 spiro atoms. The monoisotopic (exact) mass is 426 g/mol. The maximum absolute atomic E-state index is 14.1. The third-order valence-corrected chi connectivity index (χ3v) is 5.95. The summed E-state index contributed by atoms with van der Waals surface area (Å²) in [6.45, 7) is 2.27. The van der Waals surface area contributed by atoms with Gasteiger partial charge in [-0.05, 0) is 38.0 Å². The molecule has 0 radical (unpaired) electrons. The lowest BCUT2D eigenvalue weighted by molar-refractivity contribution is -0.121. The van der Waals surface area contributed by atoms with E-state index in [0.29, 0.717) is 35.0 Å². The van der Waals surface area contributed by atoms with Crippen LogP contribution >= 0.6 is 11.3 Å². The molecule has 3 aromatic rings. The number of hydrogen-bond acceptors (Lipinski definition) is 6. The van der Waals surface area contributed by atoms with Gasteiger partial charge >= 0.3 is 6.03 Å². The SMILES string of the molecule is Cc1nc(NC(=O)N2CCC[C@H]2C(N)=O)sc1-c1ccnc(-c2ccccc2F)n1. The van der Waals surface area contributed by atoms with Crippen LogP contribution in [0.3, 0.4) is 0 Å². The van der Waals surface area contributed by atoms with Crippen LogP contribution in [0.1, 0.15) is 18.5 Å². The molecular formula is C20H19FN6O2S. The highest BCUT2D eigenvalue weighted by atomic mass is 32.1. The van der Waals surface area contributed by atoms with E-state index < -0.39 is 23.8 Å². The number of rotatable bonds is 4. The van der Waals surface area contributed by atoms with Gasteiger partial charge in [0.2, 0.25) is 5.91 Å². The Hall–Kier alpha value is -3.40. The van der Waals surface area contributed by atoms with Crippen LogP contribution in [0.4, 0.5) is 14.3 Å². The van der Waals surface area contributed by atoms with Crippen molar-refractivity contribution in [2.45, 2.75) is 25.8 Å². The smallest absolute Gasteiger partial charge is 0.324 e. The first-order chi connectivity index (χ1) is 14.4. The van der Waals surface area contributed by atoms with Gasteiger partial charge in [0, 0.05) is 12.7 Å². The number of nitrogens with zero attached hydrogens (tertiary/aromatic N) is 4. The highest BCUT2D eigenvalue weighted by Crippen LogP contribution is 2.33. The summed E-state index contributed by atoms with van der Waals surface area (Å²) in [5.74, 6) is -0.649. The minimum absolute atomic E-state index is 0.269. The molecule has 30 heavy (non-hydrogen) atoms. The average Bonchev–Trinajstić information content (AvgIpc) is 3.35. The first kappa shape index (κ1) is 19.9. The van der Waals surface area contributed by atoms with Crippen LogP contribution in [0.15, 0.2) is 36.5 Å². The van der Waals surface area contributed by atoms with Crippen molar-refractivity contribution < 1.29 is 14.0 Å². The Bertz CT molecular complexity index is 1120. The quantitative estimate of drug-likeness (QED) is 0.665. The lowest BCUT2D eigenvalue weighted by atomic mass is 10.2. The Labute approximate surface area is 176 Å². The van der Waals surface area contributed by atoms with Crippen molar-refractivity contribution in [1.29, 1.82) is 0 Å². The van der Waals surface area contributed by atoms with Gasteiger partial charge in [0.25, 0.3) is 0 Å². The van der Waals surface area contributed by atoms with Crippen LogP contribution < -0.4 is 11.1 Å². The zero-order valence-electron chi connectivity index (χ0n) is 16.1. The molecule has 10 heteroatoms. The van der Waals surface area contributed by atoms with Crippen molar-refractivity contribution in [3.05, 3.63) is 48.0 Å². The predicted molar refractivity (Wildman–Crippen MR) is 111 cm³/mol. The van der Waals surface area contributed by atoms with Crippen molar-refractivity contribution in [2.75, 3.05) is 11.9 Å². The van der Waals surface area contributed by atoms with Gasteiger partial charge in [0.15, 0.2) is 11.0 Å². The number of aryl methyl sites for hydroxylation is 1. The molecule has 0 saturated carbocycles. The maximum atomic E-state index is 14.1. The maximum Gasteiger partial charge on any atom is 0.324 e. The summed E-state index contributed by atoms with van der Waals surface area (Å²) in [5.41, 5.74) is 6.94. The van der Waals surface area contributed by atoms with Crippen molar-refractivity contribution in [2.24, 2.45) is 5.73 Å². The summed E-state index contributed by atoms with van der Waals surface area (Å²) in [5, 5.41) is 3.12. The Kier molecular flexibility index (Phi) is 5.40. The molecule has 154 valence electrons. The highest BCUT2D eigenvalue weighted by molar-refractivity contribution is 7.19. The van der Waals surface area contributed by atoms with E-state index in [1.54, 1.807) is 37.4 Å². The van der Waals surface area contributed by atoms with Crippen LogP contribution in [0.2, 0.25) is 0 Å². The van der Waals surface area contributed by atoms with Crippen molar-refractivity contribution >= 4 is 28.4 Å². The number of amides is 3.